The Labute approximate surface area is 259 Å². The first-order valence-electron chi connectivity index (χ1n) is 14.8. The number of hydrogen-bond acceptors (Lipinski definition) is 9. The summed E-state index contributed by atoms with van der Waals surface area (Å²) in [5.41, 5.74) is -0.168. The molecular weight excluding hydrogens is 614 g/mol. The van der Waals surface area contributed by atoms with E-state index in [2.05, 4.69) is 45.5 Å². The molecule has 0 bridgehead atoms. The van der Waals surface area contributed by atoms with E-state index in [-0.39, 0.29) is 37.4 Å². The highest BCUT2D eigenvalue weighted by Crippen LogP contribution is 2.32. The van der Waals surface area contributed by atoms with E-state index in [0.29, 0.717) is 41.2 Å². The number of piperidine rings is 1. The van der Waals surface area contributed by atoms with Crippen LogP contribution in [0.25, 0.3) is 10.9 Å². The summed E-state index contributed by atoms with van der Waals surface area (Å²) in [6, 6.07) is 4.45. The van der Waals surface area contributed by atoms with Gasteiger partial charge in [0.25, 0.3) is 5.56 Å². The van der Waals surface area contributed by atoms with Crippen LogP contribution in [-0.2, 0) is 27.3 Å². The van der Waals surface area contributed by atoms with Gasteiger partial charge in [-0.1, -0.05) is 19.6 Å². The highest BCUT2D eigenvalue weighted by molar-refractivity contribution is 6.76. The highest BCUT2D eigenvalue weighted by atomic mass is 28.3. The molecule has 0 spiro atoms. The molecule has 1 saturated heterocycles. The quantitative estimate of drug-likeness (QED) is 0.116. The van der Waals surface area contributed by atoms with E-state index in [1.54, 1.807) is 19.2 Å². The summed E-state index contributed by atoms with van der Waals surface area (Å²) in [6.45, 7) is 9.05. The minimum absolute atomic E-state index is 0.0985. The number of hydrogen-bond donors (Lipinski definition) is 2. The predicted molar refractivity (Wildman–Crippen MR) is 164 cm³/mol. The third kappa shape index (κ3) is 9.93. The molecule has 16 heteroatoms. The van der Waals surface area contributed by atoms with Crippen LogP contribution in [-0.4, -0.2) is 66.1 Å². The fourth-order valence-electron chi connectivity index (χ4n) is 4.84. The van der Waals surface area contributed by atoms with Crippen molar-refractivity contribution >= 4 is 36.5 Å². The van der Waals surface area contributed by atoms with Gasteiger partial charge in [-0.05, 0) is 49.9 Å². The second-order valence-corrected chi connectivity index (χ2v) is 18.1. The number of amides is 1. The fraction of sp³-hybridized carbons (Fsp3) is 0.552. The molecular formula is C29H39F4N7O4Si. The first-order valence-corrected chi connectivity index (χ1v) is 18.5. The molecule has 45 heavy (non-hydrogen) atoms. The summed E-state index contributed by atoms with van der Waals surface area (Å²) in [5.74, 6) is -0.0499. The standard InChI is InChI=1S/C29H39F4N7O4Si/c1-19(36-24-16-35-40(18-43-11-12-45(2,3)4)27(42)26(24)29(31,32)33)17-44-38-25(41)13-20-7-9-39(10-8-20)28-34-15-21-14-22(30)5-6-23(21)37-28/h5-6,14-16,19-20,36H,7-13,17-18H2,1-4H3,(H,38,41)/t19-/m0/s1. The van der Waals surface area contributed by atoms with Gasteiger partial charge in [-0.25, -0.2) is 24.5 Å². The van der Waals surface area contributed by atoms with Gasteiger partial charge in [0, 0.05) is 51.8 Å². The summed E-state index contributed by atoms with van der Waals surface area (Å²) in [7, 11) is -1.40. The number of anilines is 2. The van der Waals surface area contributed by atoms with Gasteiger partial charge in [0.1, 0.15) is 18.1 Å². The van der Waals surface area contributed by atoms with E-state index >= 15 is 0 Å². The third-order valence-electron chi connectivity index (χ3n) is 7.36. The molecule has 1 fully saturated rings. The summed E-state index contributed by atoms with van der Waals surface area (Å²) in [6.07, 6.45) is -0.735. The zero-order valence-corrected chi connectivity index (χ0v) is 26.8. The minimum Gasteiger partial charge on any atom is -0.378 e. The number of nitrogens with one attached hydrogen (secondary N) is 2. The zero-order chi connectivity index (χ0) is 32.8. The van der Waals surface area contributed by atoms with Gasteiger partial charge in [0.05, 0.1) is 24.0 Å². The smallest absolute Gasteiger partial charge is 0.378 e. The molecule has 3 heterocycles. The molecule has 1 amide bonds. The third-order valence-corrected chi connectivity index (χ3v) is 9.06. The van der Waals surface area contributed by atoms with Crippen LogP contribution in [0.4, 0.5) is 29.2 Å². The summed E-state index contributed by atoms with van der Waals surface area (Å²) in [5, 5.41) is 7.08. The molecule has 0 saturated carbocycles. The number of halogens is 4. The van der Waals surface area contributed by atoms with Crippen molar-refractivity contribution in [1.29, 1.82) is 0 Å². The van der Waals surface area contributed by atoms with Crippen LogP contribution in [0.1, 0.15) is 31.7 Å². The lowest BCUT2D eigenvalue weighted by Crippen LogP contribution is -2.37. The van der Waals surface area contributed by atoms with Crippen molar-refractivity contribution in [2.45, 2.75) is 70.8 Å². The molecule has 246 valence electrons. The van der Waals surface area contributed by atoms with Crippen LogP contribution in [0, 0.1) is 11.7 Å². The van der Waals surface area contributed by atoms with Crippen LogP contribution in [0.15, 0.2) is 35.4 Å². The van der Waals surface area contributed by atoms with Gasteiger partial charge in [-0.2, -0.15) is 18.3 Å². The predicted octanol–water partition coefficient (Wildman–Crippen LogP) is 4.81. The van der Waals surface area contributed by atoms with Gasteiger partial charge < -0.3 is 15.0 Å². The lowest BCUT2D eigenvalue weighted by atomic mass is 9.93. The van der Waals surface area contributed by atoms with Gasteiger partial charge in [0.2, 0.25) is 11.9 Å². The molecule has 4 rings (SSSR count). The Morgan fingerprint density at radius 3 is 2.60 bits per heavy atom. The number of rotatable bonds is 13. The summed E-state index contributed by atoms with van der Waals surface area (Å²) < 4.78 is 61.0. The van der Waals surface area contributed by atoms with Crippen molar-refractivity contribution in [2.75, 3.05) is 36.5 Å². The maximum absolute atomic E-state index is 13.8. The van der Waals surface area contributed by atoms with Crippen molar-refractivity contribution in [3.8, 4) is 0 Å². The Hall–Kier alpha value is -3.63. The topological polar surface area (TPSA) is 124 Å². The van der Waals surface area contributed by atoms with Crippen LogP contribution < -0.4 is 21.3 Å². The second-order valence-electron chi connectivity index (χ2n) is 12.5. The number of carbonyl (C=O) groups excluding carboxylic acids is 1. The van der Waals surface area contributed by atoms with Gasteiger partial charge in [-0.3, -0.25) is 14.4 Å². The lowest BCUT2D eigenvalue weighted by molar-refractivity contribution is -0.138. The molecule has 3 aromatic rings. The van der Waals surface area contributed by atoms with Crippen LogP contribution in [0.5, 0.6) is 0 Å². The first kappa shape index (κ1) is 34.2. The van der Waals surface area contributed by atoms with Crippen molar-refractivity contribution < 1.29 is 31.9 Å². The van der Waals surface area contributed by atoms with E-state index in [9.17, 15) is 27.2 Å². The number of benzene rings is 1. The maximum atomic E-state index is 13.8. The lowest BCUT2D eigenvalue weighted by Gasteiger charge is -2.31. The van der Waals surface area contributed by atoms with Crippen LogP contribution in [0.3, 0.4) is 0 Å². The molecule has 0 aliphatic carbocycles. The van der Waals surface area contributed by atoms with Crippen LogP contribution in [0.2, 0.25) is 25.7 Å². The number of hydroxylamine groups is 1. The van der Waals surface area contributed by atoms with Crippen molar-refractivity contribution in [3.63, 3.8) is 0 Å². The number of ether oxygens (including phenoxy) is 1. The number of nitrogens with zero attached hydrogens (tertiary/aromatic N) is 5. The van der Waals surface area contributed by atoms with E-state index in [1.807, 2.05) is 4.90 Å². The van der Waals surface area contributed by atoms with Crippen molar-refractivity contribution in [3.05, 3.63) is 52.3 Å². The Bertz CT molecular complexity index is 1530. The van der Waals surface area contributed by atoms with E-state index < -0.39 is 37.1 Å². The Balaban J connectivity index is 1.22. The monoisotopic (exact) mass is 653 g/mol. The Morgan fingerprint density at radius 1 is 1.18 bits per heavy atom. The van der Waals surface area contributed by atoms with E-state index in [0.717, 1.165) is 25.1 Å². The molecule has 0 unspecified atom stereocenters. The average Bonchev–Trinajstić information content (AvgIpc) is 2.95. The summed E-state index contributed by atoms with van der Waals surface area (Å²) in [4.78, 5) is 41.2. The number of fused-ring (bicyclic) bond motifs is 1. The molecule has 2 N–H and O–H groups in total. The van der Waals surface area contributed by atoms with Gasteiger partial charge in [0.15, 0.2) is 0 Å². The number of aromatic nitrogens is 4. The Kier molecular flexibility index (Phi) is 11.1. The number of carbonyl (C=O) groups is 1. The van der Waals surface area contributed by atoms with Gasteiger partial charge >= 0.3 is 6.18 Å². The van der Waals surface area contributed by atoms with E-state index in [4.69, 9.17) is 9.57 Å². The fourth-order valence-corrected chi connectivity index (χ4v) is 5.59. The normalized spacial score (nSPS) is 15.3. The largest absolute Gasteiger partial charge is 0.423 e. The molecule has 1 atom stereocenters. The van der Waals surface area contributed by atoms with Gasteiger partial charge in [-0.15, -0.1) is 0 Å². The molecule has 0 radical (unpaired) electrons. The first-order chi connectivity index (χ1) is 21.2. The highest BCUT2D eigenvalue weighted by Gasteiger charge is 2.38. The number of alkyl halides is 3. The maximum Gasteiger partial charge on any atom is 0.423 e. The van der Waals surface area contributed by atoms with E-state index in [1.165, 1.54) is 12.1 Å². The summed E-state index contributed by atoms with van der Waals surface area (Å²) >= 11 is 0. The molecule has 11 nitrogen and oxygen atoms in total. The van der Waals surface area contributed by atoms with Crippen molar-refractivity contribution in [1.82, 2.24) is 25.2 Å². The average molecular weight is 654 g/mol. The molecule has 1 aromatic carbocycles. The SMILES string of the molecule is C[C@@H](CONC(=O)CC1CCN(c2ncc3cc(F)ccc3n2)CC1)Nc1cnn(COCC[Si](C)(C)C)c(=O)c1C(F)(F)F. The Morgan fingerprint density at radius 2 is 1.91 bits per heavy atom. The second kappa shape index (κ2) is 14.6. The zero-order valence-electron chi connectivity index (χ0n) is 25.8. The van der Waals surface area contributed by atoms with Crippen LogP contribution >= 0.6 is 0 Å². The van der Waals surface area contributed by atoms with Crippen molar-refractivity contribution in [2.24, 2.45) is 5.92 Å². The minimum atomic E-state index is -4.92. The molecule has 1 aliphatic rings. The molecule has 2 aromatic heterocycles. The molecule has 1 aliphatic heterocycles.